The van der Waals surface area contributed by atoms with Gasteiger partial charge in [-0.2, -0.15) is 0 Å². The molecule has 1 aliphatic heterocycles. The van der Waals surface area contributed by atoms with Crippen LogP contribution in [0.2, 0.25) is 0 Å². The molecule has 0 bridgehead atoms. The van der Waals surface area contributed by atoms with Crippen LogP contribution in [-0.2, 0) is 5.41 Å². The van der Waals surface area contributed by atoms with Gasteiger partial charge in [-0.25, -0.2) is 4.98 Å². The maximum absolute atomic E-state index is 6.75. The van der Waals surface area contributed by atoms with Crippen LogP contribution >= 0.6 is 0 Å². The van der Waals surface area contributed by atoms with E-state index in [9.17, 15) is 0 Å². The van der Waals surface area contributed by atoms with Crippen LogP contribution in [0.4, 0.5) is 22.7 Å². The van der Waals surface area contributed by atoms with Crippen molar-refractivity contribution in [1.82, 2.24) is 9.55 Å². The summed E-state index contributed by atoms with van der Waals surface area (Å²) in [7, 11) is 0. The van der Waals surface area contributed by atoms with Crippen LogP contribution in [0.1, 0.15) is 26.3 Å². The lowest BCUT2D eigenvalue weighted by molar-refractivity contribution is 0.482. The molecule has 10 aromatic rings. The Kier molecular flexibility index (Phi) is 8.71. The molecule has 0 unspecified atom stereocenters. The van der Waals surface area contributed by atoms with Gasteiger partial charge in [-0.15, -0.1) is 0 Å². The average Bonchev–Trinajstić information content (AvgIpc) is 3.86. The van der Waals surface area contributed by atoms with Crippen molar-refractivity contribution in [2.75, 3.05) is 16.5 Å². The summed E-state index contributed by atoms with van der Waals surface area (Å²) in [6.45, 7) is 7.39. The molecule has 0 spiro atoms. The molecular weight excluding hydrogens is 745 g/mol. The van der Waals surface area contributed by atoms with E-state index in [1.54, 1.807) is 0 Å². The predicted molar refractivity (Wildman–Crippen MR) is 254 cm³/mol. The molecular formula is C56H44N4O. The zero-order valence-corrected chi connectivity index (χ0v) is 34.5. The van der Waals surface area contributed by atoms with Crippen LogP contribution in [0.25, 0.3) is 60.6 Å². The molecule has 0 saturated carbocycles. The number of pyridine rings is 1. The number of benzene rings is 8. The molecule has 294 valence electrons. The number of hydrogen-bond acceptors (Lipinski definition) is 4. The Morgan fingerprint density at radius 1 is 0.492 bits per heavy atom. The molecule has 0 amide bonds. The smallest absolute Gasteiger partial charge is 0.145 e. The Balaban J connectivity index is 0.999. The third-order valence-electron chi connectivity index (χ3n) is 12.0. The Hall–Kier alpha value is -7.63. The lowest BCUT2D eigenvalue weighted by atomic mass is 9.86. The van der Waals surface area contributed by atoms with Crippen LogP contribution in [0, 0.1) is 0 Å². The molecule has 5 nitrogen and oxygen atoms in total. The van der Waals surface area contributed by atoms with Crippen molar-refractivity contribution in [2.45, 2.75) is 26.2 Å². The molecule has 0 aliphatic carbocycles. The van der Waals surface area contributed by atoms with Gasteiger partial charge in [-0.05, 0) is 82.1 Å². The van der Waals surface area contributed by atoms with E-state index in [4.69, 9.17) is 9.72 Å². The van der Waals surface area contributed by atoms with E-state index in [0.717, 1.165) is 45.1 Å². The van der Waals surface area contributed by atoms with Crippen molar-refractivity contribution < 1.29 is 4.74 Å². The highest BCUT2D eigenvalue weighted by molar-refractivity contribution is 6.10. The van der Waals surface area contributed by atoms with Gasteiger partial charge >= 0.3 is 0 Å². The summed E-state index contributed by atoms with van der Waals surface area (Å²) in [5.74, 6) is 1.52. The fraction of sp³-hybridized carbons (Fsp3) is 0.0893. The second-order valence-corrected chi connectivity index (χ2v) is 16.9. The van der Waals surface area contributed by atoms with Gasteiger partial charge in [-0.3, -0.25) is 4.57 Å². The van der Waals surface area contributed by atoms with Gasteiger partial charge in [0.15, 0.2) is 0 Å². The highest BCUT2D eigenvalue weighted by Crippen LogP contribution is 2.53. The monoisotopic (exact) mass is 788 g/mol. The number of ether oxygens (including phenoxy) is 1. The molecule has 3 heterocycles. The third kappa shape index (κ3) is 6.37. The van der Waals surface area contributed by atoms with Gasteiger partial charge in [0.05, 0.1) is 28.3 Å². The highest BCUT2D eigenvalue weighted by Gasteiger charge is 2.33. The molecule has 0 radical (unpaired) electrons. The maximum atomic E-state index is 6.75. The lowest BCUT2D eigenvalue weighted by Gasteiger charge is -2.27. The van der Waals surface area contributed by atoms with Crippen LogP contribution in [-0.4, -0.2) is 16.2 Å². The standard InChI is InChI=1S/C56H44N4O/c1-56(2,3)41-30-32-51-50(34-41)49-28-15-33-57-55(49)60(51)43-22-13-24-45(36-43)61-44-23-12-21-42(35-44)58-37-59(54-48-25-11-10-20-40(48)29-31-52(54)58)53-46(38-16-6-4-7-17-38)26-14-27-47(53)39-18-8-5-9-19-39/h4-36H,37H2,1-3H3. The molecule has 2 aromatic heterocycles. The number of hydrogen-bond donors (Lipinski definition) is 0. The van der Waals surface area contributed by atoms with E-state index in [2.05, 4.69) is 211 Å². The molecule has 5 heteroatoms. The van der Waals surface area contributed by atoms with Gasteiger partial charge in [0.1, 0.15) is 23.8 Å². The quantitative estimate of drug-likeness (QED) is 0.161. The van der Waals surface area contributed by atoms with Crippen molar-refractivity contribution in [2.24, 2.45) is 0 Å². The largest absolute Gasteiger partial charge is 0.457 e. The Morgan fingerprint density at radius 2 is 1.13 bits per heavy atom. The summed E-state index contributed by atoms with van der Waals surface area (Å²) >= 11 is 0. The van der Waals surface area contributed by atoms with E-state index < -0.39 is 0 Å². The lowest BCUT2D eigenvalue weighted by Crippen LogP contribution is -2.25. The first-order valence-corrected chi connectivity index (χ1v) is 21.0. The highest BCUT2D eigenvalue weighted by atomic mass is 16.5. The molecule has 0 N–H and O–H groups in total. The zero-order chi connectivity index (χ0) is 41.1. The molecule has 0 fully saturated rings. The average molecular weight is 789 g/mol. The molecule has 11 rings (SSSR count). The molecule has 61 heavy (non-hydrogen) atoms. The van der Waals surface area contributed by atoms with E-state index in [1.807, 2.05) is 24.4 Å². The van der Waals surface area contributed by atoms with E-state index in [0.29, 0.717) is 6.67 Å². The molecule has 8 aromatic carbocycles. The summed E-state index contributed by atoms with van der Waals surface area (Å²) in [5, 5.41) is 4.75. The van der Waals surface area contributed by atoms with Crippen molar-refractivity contribution in [1.29, 1.82) is 0 Å². The van der Waals surface area contributed by atoms with Gasteiger partial charge in [0.2, 0.25) is 0 Å². The van der Waals surface area contributed by atoms with Crippen LogP contribution < -0.4 is 14.5 Å². The Morgan fingerprint density at radius 3 is 1.85 bits per heavy atom. The topological polar surface area (TPSA) is 33.5 Å². The van der Waals surface area contributed by atoms with Gasteiger partial charge in [0.25, 0.3) is 0 Å². The summed E-state index contributed by atoms with van der Waals surface area (Å²) in [6.07, 6.45) is 1.87. The molecule has 1 aliphatic rings. The van der Waals surface area contributed by atoms with Crippen LogP contribution in [0.3, 0.4) is 0 Å². The summed E-state index contributed by atoms with van der Waals surface area (Å²) in [4.78, 5) is 9.81. The number of fused-ring (bicyclic) bond motifs is 6. The maximum Gasteiger partial charge on any atom is 0.145 e. The summed E-state index contributed by atoms with van der Waals surface area (Å²) in [6, 6.07) is 69.2. The van der Waals surface area contributed by atoms with Gasteiger partial charge in [0, 0.05) is 51.3 Å². The third-order valence-corrected chi connectivity index (χ3v) is 12.0. The number of aromatic nitrogens is 2. The minimum atomic E-state index is 0.0358. The number of rotatable bonds is 7. The summed E-state index contributed by atoms with van der Waals surface area (Å²) < 4.78 is 9.00. The van der Waals surface area contributed by atoms with Crippen LogP contribution in [0.5, 0.6) is 11.5 Å². The van der Waals surface area contributed by atoms with Gasteiger partial charge < -0.3 is 14.5 Å². The fourth-order valence-electron chi connectivity index (χ4n) is 9.08. The molecule has 0 saturated heterocycles. The van der Waals surface area contributed by atoms with Crippen molar-refractivity contribution in [3.8, 4) is 39.4 Å². The van der Waals surface area contributed by atoms with Crippen molar-refractivity contribution in [3.05, 3.63) is 206 Å². The minimum Gasteiger partial charge on any atom is -0.457 e. The Bertz CT molecular complexity index is 3200. The van der Waals surface area contributed by atoms with Crippen molar-refractivity contribution >= 4 is 55.5 Å². The minimum absolute atomic E-state index is 0.0358. The second kappa shape index (κ2) is 14.6. The van der Waals surface area contributed by atoms with Crippen LogP contribution in [0.15, 0.2) is 200 Å². The second-order valence-electron chi connectivity index (χ2n) is 16.9. The Labute approximate surface area is 356 Å². The fourth-order valence-corrected chi connectivity index (χ4v) is 9.08. The SMILES string of the molecule is CC(C)(C)c1ccc2c(c1)c1cccnc1n2-c1cccc(Oc2cccc(N3CN(c4c(-c5ccccc5)cccc4-c4ccccc4)c4c3ccc3ccccc43)c2)c1. The van der Waals surface area contributed by atoms with E-state index >= 15 is 0 Å². The number of para-hydroxylation sites is 1. The van der Waals surface area contributed by atoms with Gasteiger partial charge in [-0.1, -0.05) is 148 Å². The summed E-state index contributed by atoms with van der Waals surface area (Å²) in [5.41, 5.74) is 13.7. The first-order chi connectivity index (χ1) is 29.9. The van der Waals surface area contributed by atoms with E-state index in [1.165, 1.54) is 55.4 Å². The number of anilines is 4. The zero-order valence-electron chi connectivity index (χ0n) is 34.5. The predicted octanol–water partition coefficient (Wildman–Crippen LogP) is 15.0. The molecule has 0 atom stereocenters. The van der Waals surface area contributed by atoms with E-state index in [-0.39, 0.29) is 5.41 Å². The number of nitrogens with zero attached hydrogens (tertiary/aromatic N) is 4. The normalized spacial score (nSPS) is 12.7. The first kappa shape index (κ1) is 36.4. The van der Waals surface area contributed by atoms with Crippen molar-refractivity contribution in [3.63, 3.8) is 0 Å². The first-order valence-electron chi connectivity index (χ1n) is 21.0.